The minimum Gasteiger partial charge on any atom is -0.444 e. The summed E-state index contributed by atoms with van der Waals surface area (Å²) in [6.07, 6.45) is 1.07. The molecule has 0 saturated heterocycles. The molecule has 0 radical (unpaired) electrons. The quantitative estimate of drug-likeness (QED) is 0.868. The molecule has 1 heterocycles. The van der Waals surface area contributed by atoms with Gasteiger partial charge in [0.15, 0.2) is 5.15 Å². The first-order valence-corrected chi connectivity index (χ1v) is 6.13. The van der Waals surface area contributed by atoms with Gasteiger partial charge in [0.2, 0.25) is 0 Å². The van der Waals surface area contributed by atoms with Gasteiger partial charge in [0.05, 0.1) is 5.69 Å². The van der Waals surface area contributed by atoms with Gasteiger partial charge in [-0.15, -0.1) is 0 Å². The molecule has 0 spiro atoms. The lowest BCUT2D eigenvalue weighted by molar-refractivity contribution is 0.155. The Morgan fingerprint density at radius 2 is 2.11 bits per heavy atom. The van der Waals surface area contributed by atoms with E-state index in [2.05, 4.69) is 10.3 Å². The van der Waals surface area contributed by atoms with E-state index in [4.69, 9.17) is 16.3 Å². The first kappa shape index (κ1) is 13.4. The topological polar surface area (TPSA) is 51.2 Å². The molecule has 5 heteroatoms. The lowest BCUT2D eigenvalue weighted by Gasteiger charge is -2.08. The number of amides is 1. The van der Waals surface area contributed by atoms with Crippen LogP contribution in [0.2, 0.25) is 5.15 Å². The van der Waals surface area contributed by atoms with Crippen LogP contribution >= 0.6 is 11.6 Å². The highest BCUT2D eigenvalue weighted by molar-refractivity contribution is 6.32. The smallest absolute Gasteiger partial charge is 0.412 e. The highest BCUT2D eigenvalue weighted by Gasteiger charge is 2.08. The van der Waals surface area contributed by atoms with E-state index in [1.807, 2.05) is 37.3 Å². The van der Waals surface area contributed by atoms with E-state index in [0.717, 1.165) is 11.1 Å². The minimum atomic E-state index is -0.557. The highest BCUT2D eigenvalue weighted by Crippen LogP contribution is 2.19. The number of aromatic nitrogens is 1. The van der Waals surface area contributed by atoms with Crippen molar-refractivity contribution < 1.29 is 9.53 Å². The van der Waals surface area contributed by atoms with E-state index in [1.165, 1.54) is 0 Å². The van der Waals surface area contributed by atoms with Gasteiger partial charge in [-0.25, -0.2) is 9.78 Å². The number of anilines is 1. The van der Waals surface area contributed by atoms with E-state index in [-0.39, 0.29) is 11.8 Å². The van der Waals surface area contributed by atoms with E-state index in [0.29, 0.717) is 5.69 Å². The van der Waals surface area contributed by atoms with Crippen LogP contribution in [-0.4, -0.2) is 11.1 Å². The predicted octanol–water partition coefficient (Wildman–Crippen LogP) is 3.79. The number of benzene rings is 1. The molecule has 1 amide bonds. The monoisotopic (exact) mass is 276 g/mol. The zero-order chi connectivity index (χ0) is 13.7. The Kier molecular flexibility index (Phi) is 4.36. The maximum absolute atomic E-state index is 11.6. The molecule has 19 heavy (non-hydrogen) atoms. The molecule has 0 aliphatic carbocycles. The van der Waals surface area contributed by atoms with Gasteiger partial charge in [0.1, 0.15) is 6.61 Å². The second-order valence-corrected chi connectivity index (χ2v) is 4.40. The molecular formula is C14H13ClN2O2. The van der Waals surface area contributed by atoms with Crippen molar-refractivity contribution in [3.8, 4) is 0 Å². The van der Waals surface area contributed by atoms with Crippen molar-refractivity contribution in [2.45, 2.75) is 13.5 Å². The van der Waals surface area contributed by atoms with Crippen LogP contribution in [0.25, 0.3) is 0 Å². The Bertz CT molecular complexity index is 573. The molecule has 0 atom stereocenters. The fourth-order valence-electron chi connectivity index (χ4n) is 1.51. The molecule has 1 aromatic heterocycles. The third kappa shape index (κ3) is 3.96. The van der Waals surface area contributed by atoms with Gasteiger partial charge in [0, 0.05) is 6.20 Å². The number of nitrogens with zero attached hydrogens (tertiary/aromatic N) is 1. The summed E-state index contributed by atoms with van der Waals surface area (Å²) in [5, 5.41) is 2.80. The molecule has 2 aromatic rings. The summed E-state index contributed by atoms with van der Waals surface area (Å²) in [5.41, 5.74) is 2.27. The average Bonchev–Trinajstić information content (AvgIpc) is 2.42. The van der Waals surface area contributed by atoms with Crippen LogP contribution < -0.4 is 5.32 Å². The lowest BCUT2D eigenvalue weighted by Crippen LogP contribution is -2.14. The first-order valence-electron chi connectivity index (χ1n) is 5.75. The molecule has 0 aliphatic heterocycles. The third-order valence-electron chi connectivity index (χ3n) is 2.43. The van der Waals surface area contributed by atoms with Gasteiger partial charge in [-0.05, 0) is 24.1 Å². The summed E-state index contributed by atoms with van der Waals surface area (Å²) in [4.78, 5) is 15.6. The number of rotatable bonds is 3. The average molecular weight is 277 g/mol. The van der Waals surface area contributed by atoms with Crippen molar-refractivity contribution in [2.24, 2.45) is 0 Å². The number of pyridine rings is 1. The Morgan fingerprint density at radius 1 is 1.37 bits per heavy atom. The van der Waals surface area contributed by atoms with Gasteiger partial charge in [-0.1, -0.05) is 41.9 Å². The zero-order valence-electron chi connectivity index (χ0n) is 10.4. The molecule has 2 rings (SSSR count). The van der Waals surface area contributed by atoms with Crippen molar-refractivity contribution in [1.82, 2.24) is 4.98 Å². The van der Waals surface area contributed by atoms with Crippen LogP contribution in [0.3, 0.4) is 0 Å². The van der Waals surface area contributed by atoms with Crippen molar-refractivity contribution in [2.75, 3.05) is 5.32 Å². The van der Waals surface area contributed by atoms with E-state index in [9.17, 15) is 4.79 Å². The van der Waals surface area contributed by atoms with E-state index >= 15 is 0 Å². The van der Waals surface area contributed by atoms with E-state index < -0.39 is 6.09 Å². The first-order chi connectivity index (χ1) is 9.15. The number of carbonyl (C=O) groups excluding carboxylic acids is 1. The number of hydrogen-bond acceptors (Lipinski definition) is 3. The normalized spacial score (nSPS) is 10.0. The van der Waals surface area contributed by atoms with Gasteiger partial charge >= 0.3 is 6.09 Å². The molecule has 0 bridgehead atoms. The Labute approximate surface area is 116 Å². The summed E-state index contributed by atoms with van der Waals surface area (Å²) in [6.45, 7) is 2.08. The molecule has 0 saturated carbocycles. The van der Waals surface area contributed by atoms with E-state index in [1.54, 1.807) is 12.3 Å². The molecule has 0 aliphatic rings. The third-order valence-corrected chi connectivity index (χ3v) is 2.73. The SMILES string of the molecule is Cc1cnc(Cl)c(NC(=O)OCc2ccccc2)c1. The van der Waals surface area contributed by atoms with Crippen molar-refractivity contribution in [1.29, 1.82) is 0 Å². The lowest BCUT2D eigenvalue weighted by atomic mass is 10.2. The Balaban J connectivity index is 1.93. The number of carbonyl (C=O) groups is 1. The van der Waals surface area contributed by atoms with Crippen molar-refractivity contribution in [3.63, 3.8) is 0 Å². The Morgan fingerprint density at radius 3 is 2.84 bits per heavy atom. The van der Waals surface area contributed by atoms with Crippen LogP contribution in [0.5, 0.6) is 0 Å². The van der Waals surface area contributed by atoms with Crippen LogP contribution in [-0.2, 0) is 11.3 Å². The second kappa shape index (κ2) is 6.20. The summed E-state index contributed by atoms with van der Waals surface area (Å²) < 4.78 is 5.09. The summed E-state index contributed by atoms with van der Waals surface area (Å²) in [5.74, 6) is 0. The van der Waals surface area contributed by atoms with Gasteiger partial charge < -0.3 is 4.74 Å². The van der Waals surface area contributed by atoms with Gasteiger partial charge in [0.25, 0.3) is 0 Å². The molecule has 4 nitrogen and oxygen atoms in total. The zero-order valence-corrected chi connectivity index (χ0v) is 11.1. The van der Waals surface area contributed by atoms with Gasteiger partial charge in [-0.3, -0.25) is 5.32 Å². The van der Waals surface area contributed by atoms with Crippen LogP contribution in [0.4, 0.5) is 10.5 Å². The number of ether oxygens (including phenoxy) is 1. The van der Waals surface area contributed by atoms with Crippen molar-refractivity contribution >= 4 is 23.4 Å². The number of nitrogens with one attached hydrogen (secondary N) is 1. The Hall–Kier alpha value is -2.07. The highest BCUT2D eigenvalue weighted by atomic mass is 35.5. The predicted molar refractivity (Wildman–Crippen MR) is 74.2 cm³/mol. The summed E-state index contributed by atoms with van der Waals surface area (Å²) in [6, 6.07) is 11.2. The fourth-order valence-corrected chi connectivity index (χ4v) is 1.66. The van der Waals surface area contributed by atoms with Crippen LogP contribution in [0.1, 0.15) is 11.1 Å². The number of hydrogen-bond donors (Lipinski definition) is 1. The maximum atomic E-state index is 11.6. The summed E-state index contributed by atoms with van der Waals surface area (Å²) in [7, 11) is 0. The van der Waals surface area contributed by atoms with Crippen LogP contribution in [0, 0.1) is 6.92 Å². The molecular weight excluding hydrogens is 264 g/mol. The molecule has 0 fully saturated rings. The number of halogens is 1. The molecule has 1 N–H and O–H groups in total. The van der Waals surface area contributed by atoms with Crippen LogP contribution in [0.15, 0.2) is 42.6 Å². The summed E-state index contributed by atoms with van der Waals surface area (Å²) >= 11 is 5.88. The number of aryl methyl sites for hydroxylation is 1. The molecule has 98 valence electrons. The largest absolute Gasteiger partial charge is 0.444 e. The molecule has 1 aromatic carbocycles. The van der Waals surface area contributed by atoms with Gasteiger partial charge in [-0.2, -0.15) is 0 Å². The minimum absolute atomic E-state index is 0.212. The fraction of sp³-hybridized carbons (Fsp3) is 0.143. The standard InChI is InChI=1S/C14H13ClN2O2/c1-10-7-12(13(15)16-8-10)17-14(18)19-9-11-5-3-2-4-6-11/h2-8H,9H2,1H3,(H,17,18). The van der Waals surface area contributed by atoms with Crippen molar-refractivity contribution in [3.05, 3.63) is 58.9 Å². The molecule has 0 unspecified atom stereocenters. The second-order valence-electron chi connectivity index (χ2n) is 4.04. The maximum Gasteiger partial charge on any atom is 0.412 e.